The summed E-state index contributed by atoms with van der Waals surface area (Å²) in [6.45, 7) is 3.75. The molecule has 11 heteroatoms. The third-order valence-corrected chi connectivity index (χ3v) is 5.20. The number of aromatic nitrogens is 2. The molecular formula is C23H21F2N5O4. The maximum atomic E-state index is 13.8. The Morgan fingerprint density at radius 2 is 1.91 bits per heavy atom. The molecule has 2 heterocycles. The molecule has 4 rings (SSSR count). The maximum absolute atomic E-state index is 13.8. The number of nitrogens with one attached hydrogen (secondary N) is 2. The van der Waals surface area contributed by atoms with Crippen molar-refractivity contribution in [3.05, 3.63) is 65.4 Å². The summed E-state index contributed by atoms with van der Waals surface area (Å²) in [4.78, 5) is 34.9. The van der Waals surface area contributed by atoms with E-state index in [1.807, 2.05) is 13.8 Å². The van der Waals surface area contributed by atoms with E-state index in [1.165, 1.54) is 24.2 Å². The SMILES string of the molecule is CNC(=O)c1cccc(N2C(=O)OC(C(C)C)c3cnc(Nc4cc(F)c(O)c(F)c4)nc32)c1. The molecule has 1 atom stereocenters. The van der Waals surface area contributed by atoms with E-state index in [0.29, 0.717) is 16.8 Å². The number of benzene rings is 2. The van der Waals surface area contributed by atoms with E-state index in [-0.39, 0.29) is 29.3 Å². The lowest BCUT2D eigenvalue weighted by molar-refractivity contribution is 0.0719. The second-order valence-electron chi connectivity index (χ2n) is 7.90. The molecule has 0 fully saturated rings. The first-order valence-electron chi connectivity index (χ1n) is 10.3. The lowest BCUT2D eigenvalue weighted by Gasteiger charge is -2.34. The second-order valence-corrected chi connectivity index (χ2v) is 7.90. The molecule has 0 saturated carbocycles. The average molecular weight is 469 g/mol. The van der Waals surface area contributed by atoms with Crippen LogP contribution in [-0.4, -0.2) is 34.1 Å². The number of phenols is 1. The Morgan fingerprint density at radius 3 is 2.56 bits per heavy atom. The van der Waals surface area contributed by atoms with Crippen LogP contribution in [-0.2, 0) is 4.74 Å². The van der Waals surface area contributed by atoms with Gasteiger partial charge in [-0.15, -0.1) is 0 Å². The standard InChI is InChI=1S/C23H21F2N5O4/c1-11(2)19-15-10-27-22(28-13-8-16(24)18(31)17(25)9-13)29-20(15)30(23(33)34-19)14-6-4-5-12(7-14)21(32)26-3/h4-11,19,31H,1-3H3,(H,26,32)(H,27,28,29). The van der Waals surface area contributed by atoms with Gasteiger partial charge in [0.2, 0.25) is 5.95 Å². The molecule has 0 spiro atoms. The van der Waals surface area contributed by atoms with Crippen molar-refractivity contribution < 1.29 is 28.2 Å². The monoisotopic (exact) mass is 469 g/mol. The van der Waals surface area contributed by atoms with Crippen molar-refractivity contribution >= 4 is 35.1 Å². The van der Waals surface area contributed by atoms with Crippen LogP contribution in [0.1, 0.15) is 35.9 Å². The van der Waals surface area contributed by atoms with E-state index in [9.17, 15) is 23.5 Å². The quantitative estimate of drug-likeness (QED) is 0.470. The summed E-state index contributed by atoms with van der Waals surface area (Å²) in [6, 6.07) is 8.11. The van der Waals surface area contributed by atoms with Crippen LogP contribution in [0.15, 0.2) is 42.6 Å². The van der Waals surface area contributed by atoms with Crippen molar-refractivity contribution in [2.24, 2.45) is 5.92 Å². The smallest absolute Gasteiger partial charge is 0.420 e. The highest BCUT2D eigenvalue weighted by molar-refractivity contribution is 6.00. The van der Waals surface area contributed by atoms with E-state index < -0.39 is 29.6 Å². The molecule has 1 aromatic heterocycles. The van der Waals surface area contributed by atoms with Gasteiger partial charge < -0.3 is 20.5 Å². The van der Waals surface area contributed by atoms with Gasteiger partial charge in [0.25, 0.3) is 5.91 Å². The summed E-state index contributed by atoms with van der Waals surface area (Å²) < 4.78 is 33.1. The molecule has 0 aliphatic carbocycles. The van der Waals surface area contributed by atoms with Gasteiger partial charge in [-0.2, -0.15) is 4.98 Å². The molecule has 176 valence electrons. The number of anilines is 4. The molecule has 34 heavy (non-hydrogen) atoms. The first kappa shape index (κ1) is 22.9. The zero-order valence-corrected chi connectivity index (χ0v) is 18.5. The topological polar surface area (TPSA) is 117 Å². The van der Waals surface area contributed by atoms with Crippen LogP contribution in [0.4, 0.5) is 36.7 Å². The number of carbonyl (C=O) groups excluding carboxylic acids is 2. The number of amides is 2. The van der Waals surface area contributed by atoms with E-state index >= 15 is 0 Å². The highest BCUT2D eigenvalue weighted by Crippen LogP contribution is 2.41. The normalized spacial score (nSPS) is 15.1. The van der Waals surface area contributed by atoms with E-state index in [1.54, 1.807) is 18.2 Å². The molecule has 0 saturated heterocycles. The lowest BCUT2D eigenvalue weighted by atomic mass is 9.99. The number of ether oxygens (including phenoxy) is 1. The molecular weight excluding hydrogens is 448 g/mol. The fourth-order valence-electron chi connectivity index (χ4n) is 3.55. The predicted octanol–water partition coefficient (Wildman–Crippen LogP) is 4.55. The number of phenolic OH excluding ortho intramolecular Hbond substituents is 1. The summed E-state index contributed by atoms with van der Waals surface area (Å²) in [6.07, 6.45) is 0.134. The fraction of sp³-hybridized carbons (Fsp3) is 0.217. The van der Waals surface area contributed by atoms with Crippen LogP contribution in [0.5, 0.6) is 5.75 Å². The molecule has 3 aromatic rings. The number of halogens is 2. The first-order chi connectivity index (χ1) is 16.2. The third-order valence-electron chi connectivity index (χ3n) is 5.20. The van der Waals surface area contributed by atoms with Crippen LogP contribution in [0.3, 0.4) is 0 Å². The molecule has 0 radical (unpaired) electrons. The largest absolute Gasteiger partial charge is 0.503 e. The number of nitrogens with zero attached hydrogens (tertiary/aromatic N) is 3. The minimum atomic E-state index is -1.16. The van der Waals surface area contributed by atoms with Gasteiger partial charge in [0, 0.05) is 36.6 Å². The molecule has 3 N–H and O–H groups in total. The van der Waals surface area contributed by atoms with Gasteiger partial charge in [0.15, 0.2) is 23.2 Å². The van der Waals surface area contributed by atoms with Crippen molar-refractivity contribution in [2.45, 2.75) is 20.0 Å². The van der Waals surface area contributed by atoms with E-state index in [4.69, 9.17) is 4.74 Å². The number of hydrogen-bond acceptors (Lipinski definition) is 7. The van der Waals surface area contributed by atoms with Gasteiger partial charge >= 0.3 is 6.09 Å². The number of carbonyl (C=O) groups is 2. The van der Waals surface area contributed by atoms with Crippen LogP contribution in [0.25, 0.3) is 0 Å². The number of rotatable bonds is 5. The van der Waals surface area contributed by atoms with Crippen LogP contribution in [0, 0.1) is 17.6 Å². The Hall–Kier alpha value is -4.28. The summed E-state index contributed by atoms with van der Waals surface area (Å²) in [5.74, 6) is -3.69. The summed E-state index contributed by atoms with van der Waals surface area (Å²) in [5, 5.41) is 14.5. The zero-order chi connectivity index (χ0) is 24.6. The number of fused-ring (bicyclic) bond motifs is 1. The minimum Gasteiger partial charge on any atom is -0.503 e. The first-order valence-corrected chi connectivity index (χ1v) is 10.3. The molecule has 1 aliphatic rings. The van der Waals surface area contributed by atoms with Gasteiger partial charge in [-0.05, 0) is 24.1 Å². The summed E-state index contributed by atoms with van der Waals surface area (Å²) in [7, 11) is 1.49. The fourth-order valence-corrected chi connectivity index (χ4v) is 3.55. The van der Waals surface area contributed by atoms with Crippen LogP contribution >= 0.6 is 0 Å². The molecule has 1 unspecified atom stereocenters. The second kappa shape index (κ2) is 8.93. The molecule has 0 bridgehead atoms. The Balaban J connectivity index is 1.80. The van der Waals surface area contributed by atoms with Crippen molar-refractivity contribution in [3.8, 4) is 5.75 Å². The zero-order valence-electron chi connectivity index (χ0n) is 18.5. The molecule has 9 nitrogen and oxygen atoms in total. The van der Waals surface area contributed by atoms with Crippen molar-refractivity contribution in [2.75, 3.05) is 17.3 Å². The molecule has 2 aromatic carbocycles. The van der Waals surface area contributed by atoms with Gasteiger partial charge in [-0.1, -0.05) is 19.9 Å². The maximum Gasteiger partial charge on any atom is 0.420 e. The number of hydrogen-bond donors (Lipinski definition) is 3. The Kier molecular flexibility index (Phi) is 6.01. The van der Waals surface area contributed by atoms with Gasteiger partial charge in [0.05, 0.1) is 11.3 Å². The average Bonchev–Trinajstić information content (AvgIpc) is 2.81. The Labute approximate surface area is 193 Å². The van der Waals surface area contributed by atoms with Gasteiger partial charge in [0.1, 0.15) is 6.10 Å². The van der Waals surface area contributed by atoms with E-state index in [0.717, 1.165) is 12.1 Å². The van der Waals surface area contributed by atoms with Crippen molar-refractivity contribution in [1.29, 1.82) is 0 Å². The van der Waals surface area contributed by atoms with Crippen molar-refractivity contribution in [3.63, 3.8) is 0 Å². The van der Waals surface area contributed by atoms with Gasteiger partial charge in [-0.25, -0.2) is 23.5 Å². The third kappa shape index (κ3) is 4.19. The molecule has 1 aliphatic heterocycles. The van der Waals surface area contributed by atoms with Crippen LogP contribution in [0.2, 0.25) is 0 Å². The Morgan fingerprint density at radius 1 is 1.21 bits per heavy atom. The van der Waals surface area contributed by atoms with Gasteiger partial charge in [-0.3, -0.25) is 4.79 Å². The van der Waals surface area contributed by atoms with E-state index in [2.05, 4.69) is 20.6 Å². The molecule has 2 amide bonds. The Bertz CT molecular complexity index is 1260. The number of aromatic hydroxyl groups is 1. The predicted molar refractivity (Wildman–Crippen MR) is 119 cm³/mol. The number of cyclic esters (lactones) is 1. The van der Waals surface area contributed by atoms with Crippen molar-refractivity contribution in [1.82, 2.24) is 15.3 Å². The van der Waals surface area contributed by atoms with Crippen LogP contribution < -0.4 is 15.5 Å². The minimum absolute atomic E-state index is 0.0419. The highest BCUT2D eigenvalue weighted by atomic mass is 19.1. The summed E-state index contributed by atoms with van der Waals surface area (Å²) >= 11 is 0. The lowest BCUT2D eigenvalue weighted by Crippen LogP contribution is -2.36. The highest BCUT2D eigenvalue weighted by Gasteiger charge is 2.37. The summed E-state index contributed by atoms with van der Waals surface area (Å²) in [5.41, 5.74) is 1.14.